The zero-order valence-electron chi connectivity index (χ0n) is 22.5. The second-order valence-corrected chi connectivity index (χ2v) is 9.75. The number of aliphatic hydroxyl groups is 1. The van der Waals surface area contributed by atoms with Crippen molar-refractivity contribution in [1.29, 1.82) is 0 Å². The number of carbonyl (C=O) groups is 2. The number of Topliss-reactive ketones (excluding diaryl/α,β-unsaturated/α-hetero) is 1. The van der Waals surface area contributed by atoms with Crippen LogP contribution in [0.3, 0.4) is 0 Å². The summed E-state index contributed by atoms with van der Waals surface area (Å²) in [6.07, 6.45) is 0.586. The van der Waals surface area contributed by atoms with Crippen LogP contribution in [0.2, 0.25) is 10.0 Å². The first-order valence-corrected chi connectivity index (χ1v) is 13.3. The largest absolute Gasteiger partial charge is 0.507 e. The number of amides is 1. The molecule has 40 heavy (non-hydrogen) atoms. The van der Waals surface area contributed by atoms with E-state index in [4.69, 9.17) is 42.1 Å². The molecule has 3 aromatic rings. The third-order valence-corrected chi connectivity index (χ3v) is 7.16. The topological polar surface area (TPSA) is 94.5 Å². The smallest absolute Gasteiger partial charge is 0.295 e. The number of benzene rings is 3. The van der Waals surface area contributed by atoms with Gasteiger partial charge in [0.1, 0.15) is 17.4 Å². The molecule has 1 aliphatic heterocycles. The molecule has 0 aliphatic carbocycles. The Hall–Kier alpha value is -3.88. The lowest BCUT2D eigenvalue weighted by molar-refractivity contribution is -0.139. The Morgan fingerprint density at radius 1 is 0.925 bits per heavy atom. The van der Waals surface area contributed by atoms with Crippen LogP contribution in [0.5, 0.6) is 23.0 Å². The van der Waals surface area contributed by atoms with Crippen molar-refractivity contribution in [3.8, 4) is 23.0 Å². The molecule has 1 unspecified atom stereocenters. The quantitative estimate of drug-likeness (QED) is 0.166. The lowest BCUT2D eigenvalue weighted by Gasteiger charge is -2.26. The second-order valence-electron chi connectivity index (χ2n) is 8.96. The number of likely N-dealkylation sites (tertiary alicyclic amines) is 1. The Balaban J connectivity index is 1.84. The Bertz CT molecular complexity index is 1460. The highest BCUT2D eigenvalue weighted by atomic mass is 35.5. The van der Waals surface area contributed by atoms with Crippen molar-refractivity contribution in [2.24, 2.45) is 0 Å². The van der Waals surface area contributed by atoms with Crippen molar-refractivity contribution in [2.45, 2.75) is 26.0 Å². The maximum Gasteiger partial charge on any atom is 0.295 e. The highest BCUT2D eigenvalue weighted by Gasteiger charge is 2.46. The van der Waals surface area contributed by atoms with E-state index >= 15 is 0 Å². The average Bonchev–Trinajstić information content (AvgIpc) is 3.21. The van der Waals surface area contributed by atoms with Crippen LogP contribution in [-0.4, -0.2) is 49.6 Å². The fraction of sp³-hybridized carbons (Fsp3) is 0.267. The molecule has 1 saturated heterocycles. The standard InChI is InChI=1S/C30H29Cl2NO7/c1-5-13-33-25(18-11-12-21(22(14-18)37-2)40-16-17-9-7-6-8-10-17)23(27(35)30(33)36)26(34)19-15-20(31)29(39-4)24(32)28(19)38-3/h6-12,14-15,25,34H,5,13,16H2,1-4H3/b26-23+. The number of hydrogen-bond donors (Lipinski definition) is 1. The number of methoxy groups -OCH3 is 3. The lowest BCUT2D eigenvalue weighted by atomic mass is 9.94. The van der Waals surface area contributed by atoms with Crippen molar-refractivity contribution in [2.75, 3.05) is 27.9 Å². The minimum Gasteiger partial charge on any atom is -0.507 e. The summed E-state index contributed by atoms with van der Waals surface area (Å²) in [6.45, 7) is 2.50. The van der Waals surface area contributed by atoms with E-state index in [-0.39, 0.29) is 39.2 Å². The van der Waals surface area contributed by atoms with Crippen molar-refractivity contribution >= 4 is 40.7 Å². The number of hydrogen-bond acceptors (Lipinski definition) is 7. The molecule has 0 bridgehead atoms. The third-order valence-electron chi connectivity index (χ3n) is 6.54. The minimum atomic E-state index is -0.915. The van der Waals surface area contributed by atoms with Gasteiger partial charge in [0.25, 0.3) is 11.7 Å². The number of rotatable bonds is 10. The van der Waals surface area contributed by atoms with Crippen molar-refractivity contribution < 1.29 is 33.6 Å². The van der Waals surface area contributed by atoms with Gasteiger partial charge in [0.05, 0.1) is 43.5 Å². The molecule has 0 spiro atoms. The molecule has 4 rings (SSSR count). The fourth-order valence-electron chi connectivity index (χ4n) is 4.70. The van der Waals surface area contributed by atoms with E-state index in [1.807, 2.05) is 37.3 Å². The Kier molecular flexibility index (Phi) is 9.12. The van der Waals surface area contributed by atoms with Crippen LogP contribution >= 0.6 is 23.2 Å². The fourth-order valence-corrected chi connectivity index (χ4v) is 5.39. The van der Waals surface area contributed by atoms with Gasteiger partial charge in [0.15, 0.2) is 23.0 Å². The Morgan fingerprint density at radius 2 is 1.62 bits per heavy atom. The number of ketones is 1. The molecule has 0 saturated carbocycles. The summed E-state index contributed by atoms with van der Waals surface area (Å²) in [5.74, 6) is -0.972. The number of ether oxygens (including phenoxy) is 4. The van der Waals surface area contributed by atoms with E-state index in [0.717, 1.165) is 5.56 Å². The molecule has 8 nitrogen and oxygen atoms in total. The highest BCUT2D eigenvalue weighted by Crippen LogP contribution is 2.48. The van der Waals surface area contributed by atoms with E-state index in [0.29, 0.717) is 30.1 Å². The van der Waals surface area contributed by atoms with E-state index in [9.17, 15) is 14.7 Å². The van der Waals surface area contributed by atoms with E-state index in [1.54, 1.807) is 18.2 Å². The number of halogens is 2. The molecule has 1 atom stereocenters. The maximum atomic E-state index is 13.4. The first-order valence-electron chi connectivity index (χ1n) is 12.5. The molecule has 3 aromatic carbocycles. The van der Waals surface area contributed by atoms with Gasteiger partial charge in [-0.15, -0.1) is 0 Å². The van der Waals surface area contributed by atoms with Gasteiger partial charge in [-0.05, 0) is 35.7 Å². The van der Waals surface area contributed by atoms with Crippen LogP contribution in [0.15, 0.2) is 60.2 Å². The number of carbonyl (C=O) groups excluding carboxylic acids is 2. The van der Waals surface area contributed by atoms with Gasteiger partial charge in [-0.25, -0.2) is 0 Å². The summed E-state index contributed by atoms with van der Waals surface area (Å²) >= 11 is 12.8. The van der Waals surface area contributed by atoms with Gasteiger partial charge >= 0.3 is 0 Å². The molecule has 10 heteroatoms. The van der Waals surface area contributed by atoms with Crippen LogP contribution in [0.25, 0.3) is 5.76 Å². The Labute approximate surface area is 242 Å². The van der Waals surface area contributed by atoms with E-state index < -0.39 is 23.5 Å². The predicted molar refractivity (Wildman–Crippen MR) is 153 cm³/mol. The molecule has 210 valence electrons. The second kappa shape index (κ2) is 12.5. The monoisotopic (exact) mass is 585 g/mol. The summed E-state index contributed by atoms with van der Waals surface area (Å²) in [5.41, 5.74) is 1.44. The summed E-state index contributed by atoms with van der Waals surface area (Å²) in [7, 11) is 4.25. The van der Waals surface area contributed by atoms with E-state index in [1.165, 1.54) is 32.3 Å². The van der Waals surface area contributed by atoms with Gasteiger partial charge in [0.2, 0.25) is 0 Å². The normalized spacial score (nSPS) is 16.2. The van der Waals surface area contributed by atoms with E-state index in [2.05, 4.69) is 0 Å². The zero-order valence-corrected chi connectivity index (χ0v) is 24.0. The van der Waals surface area contributed by atoms with Crippen molar-refractivity contribution in [3.63, 3.8) is 0 Å². The first-order chi connectivity index (χ1) is 19.3. The number of nitrogens with zero attached hydrogens (tertiary/aromatic N) is 1. The lowest BCUT2D eigenvalue weighted by Crippen LogP contribution is -2.30. The zero-order chi connectivity index (χ0) is 29.0. The van der Waals surface area contributed by atoms with Crippen LogP contribution in [-0.2, 0) is 16.2 Å². The van der Waals surface area contributed by atoms with Gasteiger partial charge < -0.3 is 29.0 Å². The van der Waals surface area contributed by atoms with Crippen LogP contribution in [0.4, 0.5) is 0 Å². The maximum absolute atomic E-state index is 13.4. The third kappa shape index (κ3) is 5.42. The van der Waals surface area contributed by atoms with Crippen LogP contribution in [0, 0.1) is 0 Å². The van der Waals surface area contributed by atoms with Gasteiger partial charge in [-0.3, -0.25) is 9.59 Å². The minimum absolute atomic E-state index is 0.0139. The number of aliphatic hydroxyl groups excluding tert-OH is 1. The molecular weight excluding hydrogens is 557 g/mol. The predicted octanol–water partition coefficient (Wildman–Crippen LogP) is 6.43. The summed E-state index contributed by atoms with van der Waals surface area (Å²) in [5, 5.41) is 11.6. The molecule has 0 radical (unpaired) electrons. The van der Waals surface area contributed by atoms with Gasteiger partial charge in [-0.2, -0.15) is 0 Å². The van der Waals surface area contributed by atoms with Crippen molar-refractivity contribution in [1.82, 2.24) is 4.90 Å². The molecule has 1 fully saturated rings. The van der Waals surface area contributed by atoms with Gasteiger partial charge in [0, 0.05) is 6.54 Å². The highest BCUT2D eigenvalue weighted by molar-refractivity contribution is 6.47. The first kappa shape index (κ1) is 29.1. The summed E-state index contributed by atoms with van der Waals surface area (Å²) in [4.78, 5) is 28.0. The summed E-state index contributed by atoms with van der Waals surface area (Å²) in [6, 6.07) is 15.3. The Morgan fingerprint density at radius 3 is 2.25 bits per heavy atom. The van der Waals surface area contributed by atoms with Gasteiger partial charge in [-0.1, -0.05) is 66.5 Å². The van der Waals surface area contributed by atoms with Crippen molar-refractivity contribution in [3.05, 3.63) is 86.9 Å². The molecule has 0 aromatic heterocycles. The molecule has 1 heterocycles. The molecule has 1 aliphatic rings. The molecular formula is C30H29Cl2NO7. The molecule has 1 N–H and O–H groups in total. The SMILES string of the molecule is CCCN1C(=O)C(=O)/C(=C(/O)c2cc(Cl)c(OC)c(Cl)c2OC)C1c1ccc(OCc2ccccc2)c(OC)c1. The van der Waals surface area contributed by atoms with Crippen LogP contribution < -0.4 is 18.9 Å². The average molecular weight is 586 g/mol. The van der Waals surface area contributed by atoms with Crippen LogP contribution in [0.1, 0.15) is 36.1 Å². The molecule has 1 amide bonds. The summed E-state index contributed by atoms with van der Waals surface area (Å²) < 4.78 is 22.3.